The Morgan fingerprint density at radius 1 is 0.220 bits per heavy atom. The van der Waals surface area contributed by atoms with Crippen molar-refractivity contribution in [3.05, 3.63) is 0 Å². The van der Waals surface area contributed by atoms with E-state index in [1.54, 1.807) is 0 Å². The van der Waals surface area contributed by atoms with Crippen molar-refractivity contribution in [1.82, 2.24) is 0 Å². The van der Waals surface area contributed by atoms with Crippen molar-refractivity contribution in [2.24, 2.45) is 11.8 Å². The summed E-state index contributed by atoms with van der Waals surface area (Å²) in [4.78, 5) is 0. The maximum Gasteiger partial charge on any atom is -0.0443 e. The van der Waals surface area contributed by atoms with Gasteiger partial charge in [-0.05, 0) is 11.8 Å². The summed E-state index contributed by atoms with van der Waals surface area (Å²) in [6.07, 6.45) is 51.6. The Labute approximate surface area is 263 Å². The standard InChI is InChI=1S/C41H84/c1-5-7-9-11-13-15-16-17-18-19-20-21-22-23-24-26-29-33-37-41(4)39-35-31-27-30-34-38-40(3)36-32-28-25-14-12-10-8-6-2/h40-41H,5-39H2,1-4H3. The van der Waals surface area contributed by atoms with E-state index in [2.05, 4.69) is 27.7 Å². The van der Waals surface area contributed by atoms with Crippen LogP contribution in [0.2, 0.25) is 0 Å². The van der Waals surface area contributed by atoms with Crippen LogP contribution < -0.4 is 0 Å². The fourth-order valence-electron chi connectivity index (χ4n) is 6.83. The third-order valence-electron chi connectivity index (χ3n) is 9.99. The highest BCUT2D eigenvalue weighted by atomic mass is 14.1. The van der Waals surface area contributed by atoms with Crippen molar-refractivity contribution in [2.45, 2.75) is 252 Å². The second-order valence-corrected chi connectivity index (χ2v) is 14.6. The zero-order valence-electron chi connectivity index (χ0n) is 29.9. The smallest absolute Gasteiger partial charge is 0.0443 e. The quantitative estimate of drug-likeness (QED) is 0.0651. The van der Waals surface area contributed by atoms with E-state index < -0.39 is 0 Å². The SMILES string of the molecule is CCCCCCCCCCCCCCCCCCCCC(C)CCCCCCCC(C)CCCCCCCCCC. The van der Waals surface area contributed by atoms with Crippen molar-refractivity contribution in [3.8, 4) is 0 Å². The van der Waals surface area contributed by atoms with Gasteiger partial charge in [-0.15, -0.1) is 0 Å². The predicted octanol–water partition coefficient (Wildman–Crippen LogP) is 16.0. The molecule has 0 heteroatoms. The van der Waals surface area contributed by atoms with Crippen molar-refractivity contribution in [1.29, 1.82) is 0 Å². The van der Waals surface area contributed by atoms with Gasteiger partial charge in [-0.25, -0.2) is 0 Å². The van der Waals surface area contributed by atoms with Gasteiger partial charge in [-0.2, -0.15) is 0 Å². The Balaban J connectivity index is 3.22. The minimum absolute atomic E-state index is 0.961. The highest BCUT2D eigenvalue weighted by molar-refractivity contribution is 4.58. The molecule has 0 aliphatic carbocycles. The lowest BCUT2D eigenvalue weighted by Crippen LogP contribution is -1.96. The molecule has 0 aromatic rings. The molecule has 0 rings (SSSR count). The Kier molecular flexibility index (Phi) is 36.2. The Morgan fingerprint density at radius 3 is 0.537 bits per heavy atom. The molecule has 0 aromatic heterocycles. The number of unbranched alkanes of at least 4 members (excludes halogenated alkanes) is 28. The van der Waals surface area contributed by atoms with Gasteiger partial charge in [0.2, 0.25) is 0 Å². The molecular weight excluding hydrogens is 492 g/mol. The van der Waals surface area contributed by atoms with Gasteiger partial charge >= 0.3 is 0 Å². The van der Waals surface area contributed by atoms with Gasteiger partial charge in [0.05, 0.1) is 0 Å². The van der Waals surface area contributed by atoms with E-state index in [4.69, 9.17) is 0 Å². The molecule has 0 nitrogen and oxygen atoms in total. The van der Waals surface area contributed by atoms with Gasteiger partial charge < -0.3 is 0 Å². The average Bonchev–Trinajstić information content (AvgIpc) is 2.97. The fourth-order valence-corrected chi connectivity index (χ4v) is 6.83. The summed E-state index contributed by atoms with van der Waals surface area (Å²) < 4.78 is 0. The van der Waals surface area contributed by atoms with Crippen molar-refractivity contribution in [3.63, 3.8) is 0 Å². The summed E-state index contributed by atoms with van der Waals surface area (Å²) in [5.41, 5.74) is 0. The van der Waals surface area contributed by atoms with E-state index in [0.717, 1.165) is 11.8 Å². The van der Waals surface area contributed by atoms with Gasteiger partial charge in [0.15, 0.2) is 0 Å². The second-order valence-electron chi connectivity index (χ2n) is 14.6. The summed E-state index contributed by atoms with van der Waals surface area (Å²) >= 11 is 0. The molecule has 2 atom stereocenters. The lowest BCUT2D eigenvalue weighted by molar-refractivity contribution is 0.416. The highest BCUT2D eigenvalue weighted by Gasteiger charge is 2.04. The third-order valence-corrected chi connectivity index (χ3v) is 9.99. The first-order valence-electron chi connectivity index (χ1n) is 20.2. The van der Waals surface area contributed by atoms with Crippen LogP contribution in [0.15, 0.2) is 0 Å². The number of rotatable bonds is 36. The van der Waals surface area contributed by atoms with Crippen LogP contribution in [0.3, 0.4) is 0 Å². The molecule has 0 aliphatic rings. The second kappa shape index (κ2) is 36.2. The molecule has 2 unspecified atom stereocenters. The van der Waals surface area contributed by atoms with Gasteiger partial charge in [0.25, 0.3) is 0 Å². The zero-order chi connectivity index (χ0) is 29.9. The van der Waals surface area contributed by atoms with E-state index in [1.807, 2.05) is 0 Å². The van der Waals surface area contributed by atoms with Crippen LogP contribution in [-0.4, -0.2) is 0 Å². The molecule has 0 fully saturated rings. The molecule has 41 heavy (non-hydrogen) atoms. The van der Waals surface area contributed by atoms with Crippen LogP contribution in [0.4, 0.5) is 0 Å². The topological polar surface area (TPSA) is 0 Å². The summed E-state index contributed by atoms with van der Waals surface area (Å²) in [6, 6.07) is 0. The molecule has 0 amide bonds. The monoisotopic (exact) mass is 577 g/mol. The Morgan fingerprint density at radius 2 is 0.366 bits per heavy atom. The van der Waals surface area contributed by atoms with Crippen LogP contribution in [0, 0.1) is 11.8 Å². The largest absolute Gasteiger partial charge is 0.0654 e. The van der Waals surface area contributed by atoms with Crippen LogP contribution >= 0.6 is 0 Å². The molecule has 0 aliphatic heterocycles. The summed E-state index contributed by atoms with van der Waals surface area (Å²) in [5, 5.41) is 0. The maximum absolute atomic E-state index is 2.51. The molecule has 0 spiro atoms. The van der Waals surface area contributed by atoms with E-state index in [1.165, 1.54) is 225 Å². The molecule has 0 saturated heterocycles. The van der Waals surface area contributed by atoms with Crippen molar-refractivity contribution >= 4 is 0 Å². The van der Waals surface area contributed by atoms with Crippen LogP contribution in [0.5, 0.6) is 0 Å². The minimum atomic E-state index is 0.961. The first-order chi connectivity index (χ1) is 20.2. The first-order valence-corrected chi connectivity index (χ1v) is 20.2. The summed E-state index contributed by atoms with van der Waals surface area (Å²) in [6.45, 7) is 9.64. The normalized spacial score (nSPS) is 13.2. The van der Waals surface area contributed by atoms with Crippen LogP contribution in [-0.2, 0) is 0 Å². The Hall–Kier alpha value is 0. The molecule has 0 aromatic carbocycles. The van der Waals surface area contributed by atoms with E-state index in [-0.39, 0.29) is 0 Å². The van der Waals surface area contributed by atoms with Gasteiger partial charge in [-0.1, -0.05) is 252 Å². The van der Waals surface area contributed by atoms with Crippen molar-refractivity contribution in [2.75, 3.05) is 0 Å². The predicted molar refractivity (Wildman–Crippen MR) is 191 cm³/mol. The van der Waals surface area contributed by atoms with Gasteiger partial charge in [0, 0.05) is 0 Å². The zero-order valence-corrected chi connectivity index (χ0v) is 29.9. The maximum atomic E-state index is 2.51. The highest BCUT2D eigenvalue weighted by Crippen LogP contribution is 2.21. The number of hydrogen-bond donors (Lipinski definition) is 0. The average molecular weight is 577 g/mol. The van der Waals surface area contributed by atoms with Crippen LogP contribution in [0.1, 0.15) is 252 Å². The summed E-state index contributed by atoms with van der Waals surface area (Å²) in [5.74, 6) is 1.92. The lowest BCUT2D eigenvalue weighted by atomic mass is 9.94. The molecule has 0 bridgehead atoms. The lowest BCUT2D eigenvalue weighted by Gasteiger charge is -2.12. The van der Waals surface area contributed by atoms with Gasteiger partial charge in [-0.3, -0.25) is 0 Å². The molecule has 0 saturated carbocycles. The molecule has 0 radical (unpaired) electrons. The molecule has 0 N–H and O–H groups in total. The van der Waals surface area contributed by atoms with Crippen LogP contribution in [0.25, 0.3) is 0 Å². The minimum Gasteiger partial charge on any atom is -0.0654 e. The fraction of sp³-hybridized carbons (Fsp3) is 1.00. The first kappa shape index (κ1) is 41.0. The van der Waals surface area contributed by atoms with E-state index in [0.29, 0.717) is 0 Å². The van der Waals surface area contributed by atoms with E-state index >= 15 is 0 Å². The van der Waals surface area contributed by atoms with E-state index in [9.17, 15) is 0 Å². The third kappa shape index (κ3) is 36.1. The Bertz CT molecular complexity index is 439. The molecule has 0 heterocycles. The molecule has 248 valence electrons. The summed E-state index contributed by atoms with van der Waals surface area (Å²) in [7, 11) is 0. The number of hydrogen-bond acceptors (Lipinski definition) is 0. The molecular formula is C41H84. The van der Waals surface area contributed by atoms with Crippen molar-refractivity contribution < 1.29 is 0 Å². The van der Waals surface area contributed by atoms with Gasteiger partial charge in [0.1, 0.15) is 0 Å².